The Balaban J connectivity index is 1.40. The summed E-state index contributed by atoms with van der Waals surface area (Å²) in [6, 6.07) is 11.8. The number of fused-ring (bicyclic) bond motifs is 1. The first kappa shape index (κ1) is 23.1. The van der Waals surface area contributed by atoms with E-state index < -0.39 is 23.2 Å². The molecule has 1 aliphatic carbocycles. The molecule has 35 heavy (non-hydrogen) atoms. The molecule has 2 aromatic carbocycles. The molecule has 0 atom stereocenters. The van der Waals surface area contributed by atoms with Crippen LogP contribution in [0.15, 0.2) is 48.5 Å². The van der Waals surface area contributed by atoms with E-state index in [0.717, 1.165) is 17.5 Å². The number of carbonyl (C=O) groups is 2. The van der Waals surface area contributed by atoms with Crippen molar-refractivity contribution in [2.45, 2.75) is 43.7 Å². The maximum absolute atomic E-state index is 13.2. The number of nitrogens with one attached hydrogen (secondary N) is 2. The van der Waals surface area contributed by atoms with E-state index in [9.17, 15) is 27.2 Å². The van der Waals surface area contributed by atoms with Crippen LogP contribution in [0.1, 0.15) is 53.0 Å². The second-order valence-corrected chi connectivity index (χ2v) is 8.97. The first-order valence-corrected chi connectivity index (χ1v) is 11.3. The van der Waals surface area contributed by atoms with Crippen LogP contribution in [0.4, 0.5) is 28.9 Å². The average Bonchev–Trinajstić information content (AvgIpc) is 3.30. The molecule has 2 N–H and O–H groups in total. The van der Waals surface area contributed by atoms with Crippen molar-refractivity contribution in [3.63, 3.8) is 0 Å². The van der Waals surface area contributed by atoms with Gasteiger partial charge in [-0.2, -0.15) is 18.3 Å². The highest BCUT2D eigenvalue weighted by atomic mass is 19.4. The van der Waals surface area contributed by atoms with Crippen molar-refractivity contribution in [1.29, 1.82) is 0 Å². The lowest BCUT2D eigenvalue weighted by molar-refractivity contribution is -0.141. The summed E-state index contributed by atoms with van der Waals surface area (Å²) < 4.78 is 52.0. The first-order valence-electron chi connectivity index (χ1n) is 11.3. The minimum Gasteiger partial charge on any atom is -0.325 e. The van der Waals surface area contributed by atoms with Gasteiger partial charge in [0, 0.05) is 24.0 Å². The number of amides is 2. The van der Waals surface area contributed by atoms with Crippen LogP contribution in [-0.4, -0.2) is 28.6 Å². The molecule has 10 heteroatoms. The van der Waals surface area contributed by atoms with Gasteiger partial charge in [-0.1, -0.05) is 18.6 Å². The number of carbonyl (C=O) groups excluding carboxylic acids is 2. The predicted molar refractivity (Wildman–Crippen MR) is 121 cm³/mol. The monoisotopic (exact) mass is 486 g/mol. The molecule has 2 heterocycles. The molecular formula is C25H22F4N4O2. The van der Waals surface area contributed by atoms with E-state index in [0.29, 0.717) is 49.7 Å². The molecule has 3 aromatic rings. The van der Waals surface area contributed by atoms with Crippen LogP contribution >= 0.6 is 0 Å². The van der Waals surface area contributed by atoms with Gasteiger partial charge in [-0.15, -0.1) is 0 Å². The van der Waals surface area contributed by atoms with Crippen LogP contribution in [0.5, 0.6) is 0 Å². The fourth-order valence-electron chi connectivity index (χ4n) is 4.78. The summed E-state index contributed by atoms with van der Waals surface area (Å²) in [5.41, 5.74) is 0.699. The normalized spacial score (nSPS) is 16.9. The van der Waals surface area contributed by atoms with Gasteiger partial charge in [-0.05, 0) is 67.1 Å². The average molecular weight is 486 g/mol. The van der Waals surface area contributed by atoms with Crippen molar-refractivity contribution < 1.29 is 27.2 Å². The molecular weight excluding hydrogens is 464 g/mol. The smallest absolute Gasteiger partial charge is 0.325 e. The SMILES string of the molecule is O=C(c1cc(C(F)(F)F)[nH]n1)N1CCCc2cc(C3(C(=O)Nc4ccc(F)cc4)CCC3)ccc21. The van der Waals surface area contributed by atoms with Gasteiger partial charge >= 0.3 is 6.18 Å². The molecule has 6 nitrogen and oxygen atoms in total. The van der Waals surface area contributed by atoms with Gasteiger partial charge in [-0.3, -0.25) is 14.7 Å². The molecule has 1 fully saturated rings. The number of halogens is 4. The van der Waals surface area contributed by atoms with Crippen molar-refractivity contribution in [3.05, 3.63) is 76.9 Å². The first-order chi connectivity index (χ1) is 16.7. The van der Waals surface area contributed by atoms with Crippen molar-refractivity contribution in [2.75, 3.05) is 16.8 Å². The summed E-state index contributed by atoms with van der Waals surface area (Å²) in [6.07, 6.45) is -1.10. The fourth-order valence-corrected chi connectivity index (χ4v) is 4.78. The minimum absolute atomic E-state index is 0.171. The second-order valence-electron chi connectivity index (χ2n) is 8.97. The standard InChI is InChI=1S/C25H22F4N4O2/c26-17-5-7-18(8-6-17)30-23(35)24(10-2-11-24)16-4-9-20-15(13-16)3-1-12-33(20)22(34)19-14-21(32-31-19)25(27,28)29/h4-9,13-14H,1-3,10-12H2,(H,30,35)(H,31,32). The quantitative estimate of drug-likeness (QED) is 0.497. The van der Waals surface area contributed by atoms with E-state index in [1.54, 1.807) is 12.1 Å². The largest absolute Gasteiger partial charge is 0.432 e. The lowest BCUT2D eigenvalue weighted by Gasteiger charge is -2.41. The summed E-state index contributed by atoms with van der Waals surface area (Å²) in [4.78, 5) is 27.6. The van der Waals surface area contributed by atoms with Gasteiger partial charge in [0.05, 0.1) is 5.41 Å². The number of hydrogen-bond donors (Lipinski definition) is 2. The van der Waals surface area contributed by atoms with Crippen LogP contribution in [0.3, 0.4) is 0 Å². The highest BCUT2D eigenvalue weighted by molar-refractivity contribution is 6.06. The van der Waals surface area contributed by atoms with E-state index >= 15 is 0 Å². The van der Waals surface area contributed by atoms with Crippen molar-refractivity contribution in [2.24, 2.45) is 0 Å². The Morgan fingerprint density at radius 1 is 1.03 bits per heavy atom. The highest BCUT2D eigenvalue weighted by Crippen LogP contribution is 2.46. The van der Waals surface area contributed by atoms with Gasteiger partial charge in [-0.25, -0.2) is 4.39 Å². The number of alkyl halides is 3. The molecule has 0 bridgehead atoms. The second kappa shape index (κ2) is 8.51. The Hall–Kier alpha value is -3.69. The van der Waals surface area contributed by atoms with Crippen LogP contribution < -0.4 is 10.2 Å². The molecule has 1 aliphatic heterocycles. The molecule has 182 valence electrons. The summed E-state index contributed by atoms with van der Waals surface area (Å²) in [5.74, 6) is -1.17. The summed E-state index contributed by atoms with van der Waals surface area (Å²) in [7, 11) is 0. The fraction of sp³-hybridized carbons (Fsp3) is 0.320. The van der Waals surface area contributed by atoms with Crippen molar-refractivity contribution >= 4 is 23.2 Å². The Morgan fingerprint density at radius 2 is 1.77 bits per heavy atom. The molecule has 0 unspecified atom stereocenters. The molecule has 0 saturated heterocycles. The van der Waals surface area contributed by atoms with E-state index in [1.807, 2.05) is 11.2 Å². The number of aryl methyl sites for hydroxylation is 1. The Morgan fingerprint density at radius 3 is 2.40 bits per heavy atom. The Labute approximate surface area is 198 Å². The third kappa shape index (κ3) is 4.17. The van der Waals surface area contributed by atoms with Crippen LogP contribution in [0, 0.1) is 5.82 Å². The van der Waals surface area contributed by atoms with Crippen LogP contribution in [0.2, 0.25) is 0 Å². The number of aromatic amines is 1. The molecule has 0 spiro atoms. The lowest BCUT2D eigenvalue weighted by Crippen LogP contribution is -2.46. The topological polar surface area (TPSA) is 78.1 Å². The number of aromatic nitrogens is 2. The lowest BCUT2D eigenvalue weighted by atomic mass is 9.63. The van der Waals surface area contributed by atoms with Gasteiger partial charge in [0.2, 0.25) is 5.91 Å². The maximum atomic E-state index is 13.2. The predicted octanol–water partition coefficient (Wildman–Crippen LogP) is 5.22. The molecule has 2 amide bonds. The van der Waals surface area contributed by atoms with E-state index in [2.05, 4.69) is 10.4 Å². The summed E-state index contributed by atoms with van der Waals surface area (Å²) >= 11 is 0. The summed E-state index contributed by atoms with van der Waals surface area (Å²) in [6.45, 7) is 0.357. The molecule has 2 aliphatic rings. The number of anilines is 2. The zero-order valence-corrected chi connectivity index (χ0v) is 18.6. The number of hydrogen-bond acceptors (Lipinski definition) is 3. The highest BCUT2D eigenvalue weighted by Gasteiger charge is 2.46. The van der Waals surface area contributed by atoms with E-state index in [1.165, 1.54) is 29.2 Å². The van der Waals surface area contributed by atoms with Gasteiger partial charge in [0.1, 0.15) is 11.5 Å². The maximum Gasteiger partial charge on any atom is 0.432 e. The van der Waals surface area contributed by atoms with Gasteiger partial charge in [0.25, 0.3) is 5.91 Å². The zero-order valence-electron chi connectivity index (χ0n) is 18.6. The molecule has 1 saturated carbocycles. The van der Waals surface area contributed by atoms with E-state index in [4.69, 9.17) is 0 Å². The van der Waals surface area contributed by atoms with E-state index in [-0.39, 0.29) is 17.4 Å². The summed E-state index contributed by atoms with van der Waals surface area (Å²) in [5, 5.41) is 8.33. The van der Waals surface area contributed by atoms with Gasteiger partial charge < -0.3 is 10.2 Å². The number of rotatable bonds is 4. The van der Waals surface area contributed by atoms with Crippen molar-refractivity contribution in [1.82, 2.24) is 10.2 Å². The molecule has 1 aromatic heterocycles. The third-order valence-corrected chi connectivity index (χ3v) is 6.84. The molecule has 0 radical (unpaired) electrons. The number of nitrogens with zero attached hydrogens (tertiary/aromatic N) is 2. The Bertz CT molecular complexity index is 1280. The number of H-pyrrole nitrogens is 1. The van der Waals surface area contributed by atoms with Crippen LogP contribution in [0.25, 0.3) is 0 Å². The van der Waals surface area contributed by atoms with Crippen LogP contribution in [-0.2, 0) is 22.8 Å². The zero-order chi connectivity index (χ0) is 24.8. The molecule has 5 rings (SSSR count). The third-order valence-electron chi connectivity index (χ3n) is 6.84. The minimum atomic E-state index is -4.62. The van der Waals surface area contributed by atoms with Crippen molar-refractivity contribution in [3.8, 4) is 0 Å². The Kier molecular flexibility index (Phi) is 5.61. The van der Waals surface area contributed by atoms with Gasteiger partial charge in [0.15, 0.2) is 5.69 Å². The number of benzene rings is 2.